The van der Waals surface area contributed by atoms with E-state index in [1.165, 1.54) is 45.4 Å². The molecule has 0 atom stereocenters. The van der Waals surface area contributed by atoms with Gasteiger partial charge in [-0.15, -0.1) is 12.4 Å². The predicted octanol–water partition coefficient (Wildman–Crippen LogP) is 4.08. The summed E-state index contributed by atoms with van der Waals surface area (Å²) in [5.74, 6) is 0. The second kappa shape index (κ2) is 6.40. The summed E-state index contributed by atoms with van der Waals surface area (Å²) in [4.78, 5) is 2.55. The summed E-state index contributed by atoms with van der Waals surface area (Å²) in [5, 5.41) is 5.19. The van der Waals surface area contributed by atoms with Gasteiger partial charge in [0.2, 0.25) is 0 Å². The van der Waals surface area contributed by atoms with Crippen molar-refractivity contribution in [2.75, 3.05) is 26.2 Å². The molecule has 1 N–H and O–H groups in total. The smallest absolute Gasteiger partial charge is 0.199 e. The Labute approximate surface area is 142 Å². The maximum absolute atomic E-state index is 6.32. The van der Waals surface area contributed by atoms with E-state index in [2.05, 4.69) is 22.3 Å². The van der Waals surface area contributed by atoms with Crippen molar-refractivity contribution < 1.29 is 4.42 Å². The Morgan fingerprint density at radius 2 is 1.95 bits per heavy atom. The van der Waals surface area contributed by atoms with Crippen LogP contribution in [0.2, 0.25) is 5.22 Å². The van der Waals surface area contributed by atoms with E-state index >= 15 is 0 Å². The van der Waals surface area contributed by atoms with Gasteiger partial charge >= 0.3 is 0 Å². The fourth-order valence-corrected chi connectivity index (χ4v) is 4.21. The molecule has 0 saturated carbocycles. The Balaban J connectivity index is 0.00000144. The highest BCUT2D eigenvalue weighted by molar-refractivity contribution is 6.30. The quantitative estimate of drug-likeness (QED) is 0.892. The van der Waals surface area contributed by atoms with E-state index in [9.17, 15) is 0 Å². The van der Waals surface area contributed by atoms with Crippen molar-refractivity contribution in [2.45, 2.75) is 25.8 Å². The molecule has 0 amide bonds. The van der Waals surface area contributed by atoms with Crippen LogP contribution >= 0.6 is 24.0 Å². The Morgan fingerprint density at radius 1 is 1.18 bits per heavy atom. The van der Waals surface area contributed by atoms with Crippen LogP contribution in [0.4, 0.5) is 0 Å². The minimum absolute atomic E-state index is 0. The molecule has 4 rings (SSSR count). The standard InChI is InChI=1S/C17H21ClN2O.ClH/c18-16-14(13-3-1-2-4-15(13)21-16)11-20-10-7-17(12-20)5-8-19-9-6-17;/h1-4,19H,5-12H2;1H. The number of benzene rings is 1. The summed E-state index contributed by atoms with van der Waals surface area (Å²) in [7, 11) is 0. The van der Waals surface area contributed by atoms with Crippen LogP contribution in [0.25, 0.3) is 11.0 Å². The first-order chi connectivity index (χ1) is 10.3. The first kappa shape index (κ1) is 16.1. The van der Waals surface area contributed by atoms with Crippen molar-refractivity contribution in [1.29, 1.82) is 0 Å². The van der Waals surface area contributed by atoms with Crippen LogP contribution < -0.4 is 5.32 Å². The summed E-state index contributed by atoms with van der Waals surface area (Å²) in [6.45, 7) is 5.62. The highest BCUT2D eigenvalue weighted by Crippen LogP contribution is 2.40. The molecule has 2 fully saturated rings. The van der Waals surface area contributed by atoms with Gasteiger partial charge in [0.25, 0.3) is 0 Å². The third-order valence-electron chi connectivity index (χ3n) is 5.21. The first-order valence-corrected chi connectivity index (χ1v) is 8.23. The maximum Gasteiger partial charge on any atom is 0.199 e. The van der Waals surface area contributed by atoms with Gasteiger partial charge in [-0.25, -0.2) is 0 Å². The molecule has 1 spiro atoms. The molecule has 3 heterocycles. The summed E-state index contributed by atoms with van der Waals surface area (Å²) < 4.78 is 5.68. The summed E-state index contributed by atoms with van der Waals surface area (Å²) >= 11 is 6.32. The number of hydrogen-bond donors (Lipinski definition) is 1. The zero-order valence-corrected chi connectivity index (χ0v) is 14.2. The zero-order valence-electron chi connectivity index (χ0n) is 12.6. The zero-order chi connectivity index (χ0) is 14.3. The van der Waals surface area contributed by atoms with Gasteiger partial charge in [0.1, 0.15) is 5.58 Å². The van der Waals surface area contributed by atoms with Gasteiger partial charge < -0.3 is 9.73 Å². The number of para-hydroxylation sites is 1. The third kappa shape index (κ3) is 2.88. The van der Waals surface area contributed by atoms with E-state index in [-0.39, 0.29) is 12.4 Å². The lowest BCUT2D eigenvalue weighted by atomic mass is 9.78. The second-order valence-electron chi connectivity index (χ2n) is 6.56. The molecule has 0 unspecified atom stereocenters. The highest BCUT2D eigenvalue weighted by Gasteiger charge is 2.39. The van der Waals surface area contributed by atoms with Crippen LogP contribution in [0.1, 0.15) is 24.8 Å². The number of fused-ring (bicyclic) bond motifs is 1. The number of nitrogens with zero attached hydrogens (tertiary/aromatic N) is 1. The molecule has 0 radical (unpaired) electrons. The normalized spacial score (nSPS) is 21.3. The molecule has 5 heteroatoms. The summed E-state index contributed by atoms with van der Waals surface area (Å²) in [5.41, 5.74) is 2.59. The molecule has 0 aliphatic carbocycles. The van der Waals surface area contributed by atoms with Gasteiger partial charge in [0.15, 0.2) is 5.22 Å². The molecule has 2 aliphatic rings. The van der Waals surface area contributed by atoms with E-state index < -0.39 is 0 Å². The van der Waals surface area contributed by atoms with Crippen molar-refractivity contribution in [2.24, 2.45) is 5.41 Å². The lowest BCUT2D eigenvalue weighted by Crippen LogP contribution is -2.38. The number of hydrogen-bond acceptors (Lipinski definition) is 3. The number of nitrogens with one attached hydrogen (secondary N) is 1. The van der Waals surface area contributed by atoms with E-state index in [4.69, 9.17) is 16.0 Å². The van der Waals surface area contributed by atoms with Gasteiger partial charge in [-0.2, -0.15) is 0 Å². The van der Waals surface area contributed by atoms with Crippen LogP contribution in [0.15, 0.2) is 28.7 Å². The monoisotopic (exact) mass is 340 g/mol. The average molecular weight is 341 g/mol. The van der Waals surface area contributed by atoms with E-state index in [1.54, 1.807) is 0 Å². The molecule has 0 bridgehead atoms. The highest BCUT2D eigenvalue weighted by atomic mass is 35.5. The van der Waals surface area contributed by atoms with Crippen LogP contribution in [0, 0.1) is 5.41 Å². The Morgan fingerprint density at radius 3 is 2.77 bits per heavy atom. The summed E-state index contributed by atoms with van der Waals surface area (Å²) in [6.07, 6.45) is 3.94. The van der Waals surface area contributed by atoms with Gasteiger partial charge in [0, 0.05) is 24.0 Å². The molecule has 2 aliphatic heterocycles. The van der Waals surface area contributed by atoms with E-state index in [1.807, 2.05) is 12.1 Å². The van der Waals surface area contributed by atoms with Gasteiger partial charge in [-0.3, -0.25) is 4.90 Å². The van der Waals surface area contributed by atoms with Crippen LogP contribution in [0.3, 0.4) is 0 Å². The van der Waals surface area contributed by atoms with Gasteiger partial charge in [0.05, 0.1) is 0 Å². The van der Waals surface area contributed by atoms with E-state index in [0.29, 0.717) is 10.6 Å². The number of piperidine rings is 1. The predicted molar refractivity (Wildman–Crippen MR) is 92.9 cm³/mol. The molecular formula is C17H22Cl2N2O. The SMILES string of the molecule is Cl.Clc1oc2ccccc2c1CN1CCC2(CCNCC2)C1. The van der Waals surface area contributed by atoms with Gasteiger partial charge in [-0.05, 0) is 62.0 Å². The lowest BCUT2D eigenvalue weighted by molar-refractivity contribution is 0.194. The van der Waals surface area contributed by atoms with Crippen LogP contribution in [-0.2, 0) is 6.54 Å². The lowest BCUT2D eigenvalue weighted by Gasteiger charge is -2.33. The largest absolute Gasteiger partial charge is 0.444 e. The average Bonchev–Trinajstić information content (AvgIpc) is 3.03. The van der Waals surface area contributed by atoms with Crippen molar-refractivity contribution in [1.82, 2.24) is 10.2 Å². The molecule has 120 valence electrons. The molecule has 1 aromatic carbocycles. The molecule has 22 heavy (non-hydrogen) atoms. The van der Waals surface area contributed by atoms with Crippen LogP contribution in [-0.4, -0.2) is 31.1 Å². The Hall–Kier alpha value is -0.740. The van der Waals surface area contributed by atoms with E-state index in [0.717, 1.165) is 23.1 Å². The number of rotatable bonds is 2. The Bertz CT molecular complexity index is 649. The number of furan rings is 1. The van der Waals surface area contributed by atoms with Gasteiger partial charge in [-0.1, -0.05) is 18.2 Å². The fraction of sp³-hybridized carbons (Fsp3) is 0.529. The number of halogens is 2. The summed E-state index contributed by atoms with van der Waals surface area (Å²) in [6, 6.07) is 8.14. The van der Waals surface area contributed by atoms with Crippen LogP contribution in [0.5, 0.6) is 0 Å². The minimum Gasteiger partial charge on any atom is -0.444 e. The fourth-order valence-electron chi connectivity index (χ4n) is 3.97. The first-order valence-electron chi connectivity index (χ1n) is 7.85. The minimum atomic E-state index is 0. The number of likely N-dealkylation sites (tertiary alicyclic amines) is 1. The third-order valence-corrected chi connectivity index (χ3v) is 5.52. The van der Waals surface area contributed by atoms with Crippen molar-refractivity contribution >= 4 is 35.0 Å². The molecule has 1 aromatic heterocycles. The molecule has 2 aromatic rings. The molecular weight excluding hydrogens is 319 g/mol. The topological polar surface area (TPSA) is 28.4 Å². The van der Waals surface area contributed by atoms with Crippen molar-refractivity contribution in [3.63, 3.8) is 0 Å². The molecule has 2 saturated heterocycles. The maximum atomic E-state index is 6.32. The molecule has 3 nitrogen and oxygen atoms in total. The second-order valence-corrected chi connectivity index (χ2v) is 6.90. The Kier molecular flexibility index (Phi) is 4.69. The van der Waals surface area contributed by atoms with Crippen molar-refractivity contribution in [3.8, 4) is 0 Å². The van der Waals surface area contributed by atoms with Crippen molar-refractivity contribution in [3.05, 3.63) is 35.0 Å².